The zero-order valence-corrected chi connectivity index (χ0v) is 12.9. The molecule has 5 heteroatoms. The second-order valence-electron chi connectivity index (χ2n) is 5.51. The summed E-state index contributed by atoms with van der Waals surface area (Å²) >= 11 is 1.43. The van der Waals surface area contributed by atoms with Gasteiger partial charge in [-0.3, -0.25) is 4.79 Å². The summed E-state index contributed by atoms with van der Waals surface area (Å²) in [5.41, 5.74) is 10.5. The van der Waals surface area contributed by atoms with Crippen LogP contribution in [0.25, 0.3) is 11.3 Å². The lowest BCUT2D eigenvalue weighted by Crippen LogP contribution is -2.32. The largest absolute Gasteiger partial charge is 0.320 e. The fourth-order valence-electron chi connectivity index (χ4n) is 2.58. The van der Waals surface area contributed by atoms with Crippen LogP contribution in [0.1, 0.15) is 30.9 Å². The first-order valence-electron chi connectivity index (χ1n) is 7.27. The number of nitrogens with zero attached hydrogens (tertiary/aromatic N) is 1. The molecule has 21 heavy (non-hydrogen) atoms. The van der Waals surface area contributed by atoms with Gasteiger partial charge in [0.15, 0.2) is 5.13 Å². The van der Waals surface area contributed by atoms with Gasteiger partial charge in [0.25, 0.3) is 0 Å². The van der Waals surface area contributed by atoms with Gasteiger partial charge in [-0.1, -0.05) is 12.1 Å². The van der Waals surface area contributed by atoms with Crippen molar-refractivity contribution in [2.75, 3.05) is 5.32 Å². The van der Waals surface area contributed by atoms with Crippen molar-refractivity contribution in [1.82, 2.24) is 4.98 Å². The lowest BCUT2D eigenvalue weighted by Gasteiger charge is -2.16. The summed E-state index contributed by atoms with van der Waals surface area (Å²) in [5, 5.41) is 5.31. The first kappa shape index (κ1) is 14.2. The molecule has 4 nitrogen and oxygen atoms in total. The molecule has 1 aromatic heterocycles. The fraction of sp³-hybridized carbons (Fsp3) is 0.375. The number of anilines is 1. The average molecular weight is 301 g/mol. The number of hydrogen-bond donors (Lipinski definition) is 2. The summed E-state index contributed by atoms with van der Waals surface area (Å²) in [6.45, 7) is 1.66. The molecule has 0 saturated heterocycles. The molecule has 1 unspecified atom stereocenters. The summed E-state index contributed by atoms with van der Waals surface area (Å²) in [6, 6.07) is 6.04. The number of hydrogen-bond acceptors (Lipinski definition) is 4. The van der Waals surface area contributed by atoms with Crippen LogP contribution in [0.2, 0.25) is 0 Å². The Morgan fingerprint density at radius 2 is 2.10 bits per heavy atom. The van der Waals surface area contributed by atoms with Gasteiger partial charge in [-0.05, 0) is 49.8 Å². The number of benzene rings is 1. The number of aromatic nitrogens is 1. The smallest absolute Gasteiger partial charge is 0.242 e. The van der Waals surface area contributed by atoms with E-state index >= 15 is 0 Å². The predicted molar refractivity (Wildman–Crippen MR) is 86.5 cm³/mol. The van der Waals surface area contributed by atoms with Crippen LogP contribution in [0, 0.1) is 0 Å². The Morgan fingerprint density at radius 3 is 2.86 bits per heavy atom. The van der Waals surface area contributed by atoms with E-state index in [0.717, 1.165) is 17.7 Å². The second kappa shape index (κ2) is 5.95. The summed E-state index contributed by atoms with van der Waals surface area (Å²) in [5.74, 6) is -0.207. The van der Waals surface area contributed by atoms with Crippen molar-refractivity contribution in [2.45, 2.75) is 38.6 Å². The highest BCUT2D eigenvalue weighted by Gasteiger charge is 2.13. The molecule has 2 aromatic rings. The molecule has 0 aliphatic heterocycles. The highest BCUT2D eigenvalue weighted by Crippen LogP contribution is 2.29. The van der Waals surface area contributed by atoms with E-state index in [2.05, 4.69) is 28.5 Å². The minimum absolute atomic E-state index is 0.207. The Hall–Kier alpha value is -1.72. The monoisotopic (exact) mass is 301 g/mol. The maximum absolute atomic E-state index is 11.6. The van der Waals surface area contributed by atoms with E-state index in [1.807, 2.05) is 5.38 Å². The van der Waals surface area contributed by atoms with Crippen LogP contribution in [-0.2, 0) is 17.6 Å². The third-order valence-electron chi connectivity index (χ3n) is 3.79. The van der Waals surface area contributed by atoms with Crippen LogP contribution < -0.4 is 11.1 Å². The summed E-state index contributed by atoms with van der Waals surface area (Å²) in [6.07, 6.45) is 4.89. The van der Waals surface area contributed by atoms with E-state index in [0.29, 0.717) is 5.13 Å². The Kier molecular flexibility index (Phi) is 4.03. The molecular formula is C16H19N3OS. The van der Waals surface area contributed by atoms with E-state index in [-0.39, 0.29) is 5.91 Å². The Bertz CT molecular complexity index is 663. The number of nitrogens with two attached hydrogens (primary N) is 1. The summed E-state index contributed by atoms with van der Waals surface area (Å²) in [4.78, 5) is 16.1. The van der Waals surface area contributed by atoms with E-state index in [4.69, 9.17) is 5.73 Å². The molecule has 1 heterocycles. The molecule has 3 N–H and O–H groups in total. The topological polar surface area (TPSA) is 68.0 Å². The quantitative estimate of drug-likeness (QED) is 0.916. The van der Waals surface area contributed by atoms with Gasteiger partial charge in [0.1, 0.15) is 0 Å². The SMILES string of the molecule is CC(N)C(=O)Nc1nc(-c2ccc3c(c2)CCCC3)cs1. The molecule has 0 radical (unpaired) electrons. The van der Waals surface area contributed by atoms with Crippen LogP contribution in [0.4, 0.5) is 5.13 Å². The number of rotatable bonds is 3. The van der Waals surface area contributed by atoms with Gasteiger partial charge >= 0.3 is 0 Å². The Balaban J connectivity index is 1.81. The number of carbonyl (C=O) groups excluding carboxylic acids is 1. The number of thiazole rings is 1. The molecule has 0 saturated carbocycles. The van der Waals surface area contributed by atoms with E-state index < -0.39 is 6.04 Å². The van der Waals surface area contributed by atoms with Gasteiger partial charge in [0, 0.05) is 10.9 Å². The number of aryl methyl sites for hydroxylation is 2. The van der Waals surface area contributed by atoms with E-state index in [1.165, 1.54) is 41.7 Å². The number of carbonyl (C=O) groups is 1. The molecule has 1 aliphatic rings. The van der Waals surface area contributed by atoms with Crippen LogP contribution in [0.15, 0.2) is 23.6 Å². The Morgan fingerprint density at radius 1 is 1.33 bits per heavy atom. The first-order chi connectivity index (χ1) is 10.1. The highest BCUT2D eigenvalue weighted by atomic mass is 32.1. The van der Waals surface area contributed by atoms with Crippen molar-refractivity contribution in [2.24, 2.45) is 5.73 Å². The number of fused-ring (bicyclic) bond motifs is 1. The number of amides is 1. The molecule has 0 spiro atoms. The fourth-order valence-corrected chi connectivity index (χ4v) is 3.30. The van der Waals surface area contributed by atoms with Crippen LogP contribution in [-0.4, -0.2) is 16.9 Å². The van der Waals surface area contributed by atoms with E-state index in [9.17, 15) is 4.79 Å². The Labute approximate surface area is 128 Å². The van der Waals surface area contributed by atoms with Gasteiger partial charge in [-0.25, -0.2) is 4.98 Å². The molecule has 0 fully saturated rings. The van der Waals surface area contributed by atoms with Gasteiger partial charge in [0.05, 0.1) is 11.7 Å². The minimum Gasteiger partial charge on any atom is -0.320 e. The van der Waals surface area contributed by atoms with Crippen molar-refractivity contribution in [3.8, 4) is 11.3 Å². The lowest BCUT2D eigenvalue weighted by molar-refractivity contribution is -0.117. The third kappa shape index (κ3) is 3.14. The maximum atomic E-state index is 11.6. The average Bonchev–Trinajstić information content (AvgIpc) is 2.95. The van der Waals surface area contributed by atoms with Crippen molar-refractivity contribution < 1.29 is 4.79 Å². The molecule has 0 bridgehead atoms. The highest BCUT2D eigenvalue weighted by molar-refractivity contribution is 7.14. The second-order valence-corrected chi connectivity index (χ2v) is 6.36. The molecule has 3 rings (SSSR count). The van der Waals surface area contributed by atoms with Crippen molar-refractivity contribution in [3.05, 3.63) is 34.7 Å². The molecule has 1 aromatic carbocycles. The van der Waals surface area contributed by atoms with Gasteiger partial charge in [0.2, 0.25) is 5.91 Å². The standard InChI is InChI=1S/C16H19N3OS/c1-10(17)15(20)19-16-18-14(9-21-16)13-7-6-11-4-2-3-5-12(11)8-13/h6-10H,2-5,17H2,1H3,(H,18,19,20). The van der Waals surface area contributed by atoms with Crippen molar-refractivity contribution in [3.63, 3.8) is 0 Å². The molecular weight excluding hydrogens is 282 g/mol. The van der Waals surface area contributed by atoms with Gasteiger partial charge < -0.3 is 11.1 Å². The van der Waals surface area contributed by atoms with E-state index in [1.54, 1.807) is 6.92 Å². The van der Waals surface area contributed by atoms with Crippen LogP contribution >= 0.6 is 11.3 Å². The lowest BCUT2D eigenvalue weighted by atomic mass is 9.90. The van der Waals surface area contributed by atoms with Gasteiger partial charge in [-0.15, -0.1) is 11.3 Å². The van der Waals surface area contributed by atoms with Crippen LogP contribution in [0.5, 0.6) is 0 Å². The van der Waals surface area contributed by atoms with Crippen molar-refractivity contribution in [1.29, 1.82) is 0 Å². The molecule has 110 valence electrons. The number of nitrogens with one attached hydrogen (secondary N) is 1. The molecule has 1 aliphatic carbocycles. The minimum atomic E-state index is -0.527. The third-order valence-corrected chi connectivity index (χ3v) is 4.55. The summed E-state index contributed by atoms with van der Waals surface area (Å²) < 4.78 is 0. The zero-order chi connectivity index (χ0) is 14.8. The van der Waals surface area contributed by atoms with Crippen LogP contribution in [0.3, 0.4) is 0 Å². The molecule has 1 amide bonds. The maximum Gasteiger partial charge on any atom is 0.242 e. The normalized spacial score (nSPS) is 15.3. The van der Waals surface area contributed by atoms with Gasteiger partial charge in [-0.2, -0.15) is 0 Å². The summed E-state index contributed by atoms with van der Waals surface area (Å²) in [7, 11) is 0. The predicted octanol–water partition coefficient (Wildman–Crippen LogP) is 2.97. The zero-order valence-electron chi connectivity index (χ0n) is 12.1. The molecule has 1 atom stereocenters. The first-order valence-corrected chi connectivity index (χ1v) is 8.15. The van der Waals surface area contributed by atoms with Crippen molar-refractivity contribution >= 4 is 22.4 Å².